The van der Waals surface area contributed by atoms with Crippen molar-refractivity contribution >= 4 is 29.0 Å². The quantitative estimate of drug-likeness (QED) is 0.421. The molecule has 0 radical (unpaired) electrons. The first-order valence-corrected chi connectivity index (χ1v) is 8.06. The molecule has 1 aromatic heterocycles. The zero-order valence-corrected chi connectivity index (χ0v) is 15.5. The molecule has 144 valence electrons. The van der Waals surface area contributed by atoms with Gasteiger partial charge in [0.15, 0.2) is 0 Å². The smallest absolute Gasteiger partial charge is 0.353 e. The van der Waals surface area contributed by atoms with E-state index in [0.29, 0.717) is 12.3 Å². The van der Waals surface area contributed by atoms with Crippen LogP contribution in [0, 0.1) is 10.1 Å². The third-order valence-electron chi connectivity index (χ3n) is 3.77. The molecular weight excluding hydrogens is 354 g/mol. The number of esters is 1. The van der Waals surface area contributed by atoms with Crippen LogP contribution in [0.1, 0.15) is 17.3 Å². The molecule has 0 amide bonds. The number of hydrogen-bond acceptors (Lipinski definition) is 9. The van der Waals surface area contributed by atoms with Crippen LogP contribution in [0.2, 0.25) is 0 Å². The lowest BCUT2D eigenvalue weighted by atomic mass is 10.1. The minimum Gasteiger partial charge on any atom is -0.465 e. The predicted octanol–water partition coefficient (Wildman–Crippen LogP) is 2.39. The summed E-state index contributed by atoms with van der Waals surface area (Å²) in [6.45, 7) is 2.16. The summed E-state index contributed by atoms with van der Waals surface area (Å²) < 4.78 is 9.83. The number of ether oxygens (including phenoxy) is 2. The minimum absolute atomic E-state index is 0.0402. The molecule has 27 heavy (non-hydrogen) atoms. The van der Waals surface area contributed by atoms with Gasteiger partial charge in [0.25, 0.3) is 0 Å². The largest absolute Gasteiger partial charge is 0.465 e. The summed E-state index contributed by atoms with van der Waals surface area (Å²) in [6, 6.07) is 6.41. The Bertz CT molecular complexity index is 829. The lowest BCUT2D eigenvalue weighted by Gasteiger charge is -2.21. The monoisotopic (exact) mass is 375 g/mol. The molecule has 0 aliphatic carbocycles. The standard InChI is InChI=1S/C17H21N5O5/c1-11(9-26-3)20-15-14(22(24)25)16(19-10-18-15)21(2)13-8-6-5-7-12(13)17(23)27-4/h5-8,10-11H,9H2,1-4H3,(H,18,19,20). The molecule has 1 N–H and O–H groups in total. The van der Waals surface area contributed by atoms with Gasteiger partial charge in [-0.3, -0.25) is 10.1 Å². The fraction of sp³-hybridized carbons (Fsp3) is 0.353. The molecule has 1 heterocycles. The summed E-state index contributed by atoms with van der Waals surface area (Å²) in [4.78, 5) is 32.7. The number of nitro groups is 1. The third-order valence-corrected chi connectivity index (χ3v) is 3.77. The van der Waals surface area contributed by atoms with Crippen LogP contribution in [0.4, 0.5) is 23.0 Å². The van der Waals surface area contributed by atoms with E-state index in [1.807, 2.05) is 6.92 Å². The molecule has 1 unspecified atom stereocenters. The van der Waals surface area contributed by atoms with Crippen molar-refractivity contribution in [1.82, 2.24) is 9.97 Å². The van der Waals surface area contributed by atoms with Gasteiger partial charge in [-0.15, -0.1) is 0 Å². The van der Waals surface area contributed by atoms with Gasteiger partial charge in [0.05, 0.1) is 29.9 Å². The number of benzene rings is 1. The molecule has 10 heteroatoms. The lowest BCUT2D eigenvalue weighted by molar-refractivity contribution is -0.383. The molecule has 0 fully saturated rings. The average Bonchev–Trinajstić information content (AvgIpc) is 2.66. The number of para-hydroxylation sites is 1. The van der Waals surface area contributed by atoms with E-state index in [9.17, 15) is 14.9 Å². The van der Waals surface area contributed by atoms with Crippen LogP contribution in [0.25, 0.3) is 0 Å². The van der Waals surface area contributed by atoms with Gasteiger partial charge in [-0.05, 0) is 19.1 Å². The topological polar surface area (TPSA) is 120 Å². The van der Waals surface area contributed by atoms with Crippen LogP contribution in [0.3, 0.4) is 0 Å². The Morgan fingerprint density at radius 2 is 2.04 bits per heavy atom. The summed E-state index contributed by atoms with van der Waals surface area (Å²) >= 11 is 0. The van der Waals surface area contributed by atoms with E-state index in [-0.39, 0.29) is 28.9 Å². The molecule has 0 aliphatic rings. The maximum atomic E-state index is 12.0. The van der Waals surface area contributed by atoms with Crippen LogP contribution < -0.4 is 10.2 Å². The number of carbonyl (C=O) groups is 1. The summed E-state index contributed by atoms with van der Waals surface area (Å²) in [5.74, 6) is -0.448. The van der Waals surface area contributed by atoms with Crippen LogP contribution in [-0.2, 0) is 9.47 Å². The molecule has 10 nitrogen and oxygen atoms in total. The first-order valence-electron chi connectivity index (χ1n) is 8.06. The van der Waals surface area contributed by atoms with Gasteiger partial charge in [-0.1, -0.05) is 12.1 Å². The van der Waals surface area contributed by atoms with Crippen molar-refractivity contribution in [2.75, 3.05) is 38.1 Å². The van der Waals surface area contributed by atoms with E-state index in [1.54, 1.807) is 31.3 Å². The number of methoxy groups -OCH3 is 2. The second-order valence-electron chi connectivity index (χ2n) is 5.72. The number of hydrogen-bond donors (Lipinski definition) is 1. The highest BCUT2D eigenvalue weighted by molar-refractivity contribution is 5.97. The van der Waals surface area contributed by atoms with E-state index in [0.717, 1.165) is 0 Å². The maximum Gasteiger partial charge on any atom is 0.353 e. The summed E-state index contributed by atoms with van der Waals surface area (Å²) in [6.07, 6.45) is 1.22. The van der Waals surface area contributed by atoms with Gasteiger partial charge in [0, 0.05) is 20.2 Å². The highest BCUT2D eigenvalue weighted by Crippen LogP contribution is 2.36. The fourth-order valence-electron chi connectivity index (χ4n) is 2.58. The van der Waals surface area contributed by atoms with Crippen LogP contribution in [0.5, 0.6) is 0 Å². The Balaban J connectivity index is 2.52. The number of nitrogens with zero attached hydrogens (tertiary/aromatic N) is 4. The van der Waals surface area contributed by atoms with Gasteiger partial charge in [0.1, 0.15) is 6.33 Å². The van der Waals surface area contributed by atoms with Gasteiger partial charge >= 0.3 is 11.7 Å². The number of aromatic nitrogens is 2. The van der Waals surface area contributed by atoms with Crippen LogP contribution in [-0.4, -0.2) is 54.8 Å². The van der Waals surface area contributed by atoms with Crippen molar-refractivity contribution in [3.63, 3.8) is 0 Å². The Labute approximate surface area is 156 Å². The Kier molecular flexibility index (Phi) is 6.61. The summed E-state index contributed by atoms with van der Waals surface area (Å²) in [7, 11) is 4.39. The maximum absolute atomic E-state index is 12.0. The SMILES string of the molecule is COCC(C)Nc1ncnc(N(C)c2ccccc2C(=O)OC)c1[N+](=O)[O-]. The highest BCUT2D eigenvalue weighted by atomic mass is 16.6. The lowest BCUT2D eigenvalue weighted by Crippen LogP contribution is -2.23. The van der Waals surface area contributed by atoms with Crippen molar-refractivity contribution in [2.45, 2.75) is 13.0 Å². The van der Waals surface area contributed by atoms with Gasteiger partial charge in [-0.2, -0.15) is 0 Å². The number of carbonyl (C=O) groups excluding carboxylic acids is 1. The third kappa shape index (κ3) is 4.47. The average molecular weight is 375 g/mol. The molecule has 0 aliphatic heterocycles. The molecule has 2 rings (SSSR count). The Hall–Kier alpha value is -3.27. The Morgan fingerprint density at radius 1 is 1.33 bits per heavy atom. The van der Waals surface area contributed by atoms with E-state index in [1.165, 1.54) is 25.4 Å². The molecule has 0 spiro atoms. The molecule has 2 aromatic rings. The summed E-state index contributed by atoms with van der Waals surface area (Å²) in [5, 5.41) is 14.7. The van der Waals surface area contributed by atoms with Crippen molar-refractivity contribution in [2.24, 2.45) is 0 Å². The molecule has 0 saturated carbocycles. The number of rotatable bonds is 8. The van der Waals surface area contributed by atoms with E-state index < -0.39 is 10.9 Å². The molecule has 1 aromatic carbocycles. The first kappa shape index (κ1) is 20.0. The molecule has 1 atom stereocenters. The highest BCUT2D eigenvalue weighted by Gasteiger charge is 2.28. The number of nitrogens with one attached hydrogen (secondary N) is 1. The van der Waals surface area contributed by atoms with Crippen molar-refractivity contribution in [3.8, 4) is 0 Å². The predicted molar refractivity (Wildman–Crippen MR) is 99.5 cm³/mol. The van der Waals surface area contributed by atoms with Gasteiger partial charge in [0.2, 0.25) is 11.6 Å². The molecule has 0 bridgehead atoms. The second kappa shape index (κ2) is 8.90. The van der Waals surface area contributed by atoms with Crippen molar-refractivity contribution in [1.29, 1.82) is 0 Å². The number of anilines is 3. The van der Waals surface area contributed by atoms with E-state index >= 15 is 0 Å². The molecule has 0 saturated heterocycles. The fourth-order valence-corrected chi connectivity index (χ4v) is 2.58. The van der Waals surface area contributed by atoms with Crippen molar-refractivity contribution < 1.29 is 19.2 Å². The second-order valence-corrected chi connectivity index (χ2v) is 5.72. The van der Waals surface area contributed by atoms with Crippen molar-refractivity contribution in [3.05, 3.63) is 46.3 Å². The summed E-state index contributed by atoms with van der Waals surface area (Å²) in [5.41, 5.74) is 0.377. The normalized spacial score (nSPS) is 11.6. The van der Waals surface area contributed by atoms with E-state index in [2.05, 4.69) is 15.3 Å². The van der Waals surface area contributed by atoms with Gasteiger partial charge in [-0.25, -0.2) is 14.8 Å². The van der Waals surface area contributed by atoms with Crippen LogP contribution >= 0.6 is 0 Å². The Morgan fingerprint density at radius 3 is 2.67 bits per heavy atom. The van der Waals surface area contributed by atoms with E-state index in [4.69, 9.17) is 9.47 Å². The van der Waals surface area contributed by atoms with Crippen LogP contribution in [0.15, 0.2) is 30.6 Å². The minimum atomic E-state index is -0.561. The molecular formula is C17H21N5O5. The first-order chi connectivity index (χ1) is 12.9. The zero-order chi connectivity index (χ0) is 20.0. The van der Waals surface area contributed by atoms with Gasteiger partial charge < -0.3 is 19.7 Å². The zero-order valence-electron chi connectivity index (χ0n) is 15.5.